The molecular formula is C15H23ClN2OS. The van der Waals surface area contributed by atoms with Gasteiger partial charge in [0.15, 0.2) is 0 Å². The second-order valence-electron chi connectivity index (χ2n) is 5.20. The van der Waals surface area contributed by atoms with E-state index in [0.717, 1.165) is 12.3 Å². The quantitative estimate of drug-likeness (QED) is 0.926. The summed E-state index contributed by atoms with van der Waals surface area (Å²) in [4.78, 5) is 2.50. The number of hydrogen-bond donors (Lipinski definition) is 1. The van der Waals surface area contributed by atoms with Gasteiger partial charge in [0, 0.05) is 36.2 Å². The SMILES string of the molecule is COc1ccc(C(CN)N2CCSC(C)C2C)cc1Cl. The molecular weight excluding hydrogens is 292 g/mol. The molecule has 112 valence electrons. The Bertz CT molecular complexity index is 457. The van der Waals surface area contributed by atoms with Crippen LogP contribution in [0.5, 0.6) is 5.75 Å². The zero-order valence-corrected chi connectivity index (χ0v) is 13.9. The number of hydrogen-bond acceptors (Lipinski definition) is 4. The summed E-state index contributed by atoms with van der Waals surface area (Å²) >= 11 is 8.28. The maximum Gasteiger partial charge on any atom is 0.137 e. The standard InChI is InChI=1S/C15H23ClN2OS/c1-10-11(2)20-7-6-18(10)14(9-17)12-4-5-15(19-3)13(16)8-12/h4-5,8,10-11,14H,6-7,9,17H2,1-3H3. The minimum atomic E-state index is 0.219. The van der Waals surface area contributed by atoms with Crippen LogP contribution >= 0.6 is 23.4 Å². The van der Waals surface area contributed by atoms with Crippen LogP contribution in [-0.4, -0.2) is 42.1 Å². The van der Waals surface area contributed by atoms with Crippen LogP contribution in [-0.2, 0) is 0 Å². The van der Waals surface area contributed by atoms with E-state index in [-0.39, 0.29) is 6.04 Å². The van der Waals surface area contributed by atoms with Crippen LogP contribution in [0.3, 0.4) is 0 Å². The Balaban J connectivity index is 2.25. The average Bonchev–Trinajstić information content (AvgIpc) is 2.44. The number of rotatable bonds is 4. The Labute approximate surface area is 130 Å². The van der Waals surface area contributed by atoms with E-state index < -0.39 is 0 Å². The average molecular weight is 315 g/mol. The fourth-order valence-electron chi connectivity index (χ4n) is 2.75. The first-order valence-corrected chi connectivity index (χ1v) is 8.42. The van der Waals surface area contributed by atoms with Gasteiger partial charge in [-0.3, -0.25) is 4.90 Å². The van der Waals surface area contributed by atoms with Gasteiger partial charge in [-0.1, -0.05) is 24.6 Å². The summed E-state index contributed by atoms with van der Waals surface area (Å²) in [6.07, 6.45) is 0. The highest BCUT2D eigenvalue weighted by Gasteiger charge is 2.31. The Morgan fingerprint density at radius 2 is 2.25 bits per heavy atom. The first kappa shape index (κ1) is 16.0. The molecule has 0 radical (unpaired) electrons. The summed E-state index contributed by atoms with van der Waals surface area (Å²) in [5.41, 5.74) is 7.21. The second kappa shape index (κ2) is 7.03. The molecule has 2 rings (SSSR count). The van der Waals surface area contributed by atoms with Crippen molar-refractivity contribution in [2.24, 2.45) is 5.73 Å². The highest BCUT2D eigenvalue weighted by molar-refractivity contribution is 8.00. The molecule has 0 aliphatic carbocycles. The van der Waals surface area contributed by atoms with Crippen molar-refractivity contribution in [1.82, 2.24) is 4.90 Å². The second-order valence-corrected chi connectivity index (χ2v) is 7.09. The van der Waals surface area contributed by atoms with Crippen LogP contribution in [0, 0.1) is 0 Å². The minimum absolute atomic E-state index is 0.219. The smallest absolute Gasteiger partial charge is 0.137 e. The number of nitrogens with zero attached hydrogens (tertiary/aromatic N) is 1. The monoisotopic (exact) mass is 314 g/mol. The van der Waals surface area contributed by atoms with Crippen molar-refractivity contribution in [3.8, 4) is 5.75 Å². The number of ether oxygens (including phenoxy) is 1. The van der Waals surface area contributed by atoms with Crippen molar-refractivity contribution in [3.63, 3.8) is 0 Å². The highest BCUT2D eigenvalue weighted by Crippen LogP contribution is 2.34. The number of thioether (sulfide) groups is 1. The molecule has 3 atom stereocenters. The van der Waals surface area contributed by atoms with E-state index in [1.165, 1.54) is 5.56 Å². The fourth-order valence-corrected chi connectivity index (χ4v) is 4.14. The first-order valence-electron chi connectivity index (χ1n) is 6.99. The molecule has 3 nitrogen and oxygen atoms in total. The topological polar surface area (TPSA) is 38.5 Å². The van der Waals surface area contributed by atoms with E-state index in [0.29, 0.717) is 28.6 Å². The van der Waals surface area contributed by atoms with E-state index in [1.807, 2.05) is 23.9 Å². The number of methoxy groups -OCH3 is 1. The molecule has 2 N–H and O–H groups in total. The molecule has 0 spiro atoms. The number of nitrogens with two attached hydrogens (primary N) is 1. The molecule has 0 saturated carbocycles. The third-order valence-corrected chi connectivity index (χ3v) is 5.75. The molecule has 1 fully saturated rings. The molecule has 1 aliphatic rings. The van der Waals surface area contributed by atoms with E-state index in [2.05, 4.69) is 24.8 Å². The summed E-state index contributed by atoms with van der Waals surface area (Å²) in [5, 5.41) is 1.28. The fraction of sp³-hybridized carbons (Fsp3) is 0.600. The van der Waals surface area contributed by atoms with Crippen molar-refractivity contribution < 1.29 is 4.74 Å². The molecule has 1 heterocycles. The predicted molar refractivity (Wildman–Crippen MR) is 87.9 cm³/mol. The summed E-state index contributed by atoms with van der Waals surface area (Å²) in [6, 6.07) is 6.71. The van der Waals surface area contributed by atoms with Crippen molar-refractivity contribution >= 4 is 23.4 Å². The lowest BCUT2D eigenvalue weighted by atomic mass is 10.0. The molecule has 0 aromatic heterocycles. The van der Waals surface area contributed by atoms with Gasteiger partial charge in [0.05, 0.1) is 12.1 Å². The maximum absolute atomic E-state index is 6.25. The Morgan fingerprint density at radius 1 is 1.50 bits per heavy atom. The van der Waals surface area contributed by atoms with Crippen molar-refractivity contribution in [2.45, 2.75) is 31.2 Å². The number of halogens is 1. The Morgan fingerprint density at radius 3 is 2.85 bits per heavy atom. The Kier molecular flexibility index (Phi) is 5.61. The van der Waals surface area contributed by atoms with Gasteiger partial charge in [0.2, 0.25) is 0 Å². The molecule has 1 aromatic carbocycles. The molecule has 1 aromatic rings. The van der Waals surface area contributed by atoms with Crippen LogP contribution < -0.4 is 10.5 Å². The van der Waals surface area contributed by atoms with Crippen LogP contribution in [0.4, 0.5) is 0 Å². The lowest BCUT2D eigenvalue weighted by Crippen LogP contribution is -2.48. The van der Waals surface area contributed by atoms with Crippen LogP contribution in [0.15, 0.2) is 18.2 Å². The van der Waals surface area contributed by atoms with Gasteiger partial charge in [0.1, 0.15) is 5.75 Å². The van der Waals surface area contributed by atoms with E-state index >= 15 is 0 Å². The maximum atomic E-state index is 6.25. The molecule has 1 saturated heterocycles. The van der Waals surface area contributed by atoms with Crippen molar-refractivity contribution in [3.05, 3.63) is 28.8 Å². The summed E-state index contributed by atoms with van der Waals surface area (Å²) < 4.78 is 5.22. The summed E-state index contributed by atoms with van der Waals surface area (Å²) in [5.74, 6) is 1.87. The van der Waals surface area contributed by atoms with Crippen LogP contribution in [0.2, 0.25) is 5.02 Å². The van der Waals surface area contributed by atoms with Gasteiger partial charge in [-0.25, -0.2) is 0 Å². The number of benzene rings is 1. The molecule has 1 aliphatic heterocycles. The van der Waals surface area contributed by atoms with E-state index in [9.17, 15) is 0 Å². The van der Waals surface area contributed by atoms with Gasteiger partial charge in [-0.2, -0.15) is 11.8 Å². The van der Waals surface area contributed by atoms with Crippen LogP contribution in [0.25, 0.3) is 0 Å². The van der Waals surface area contributed by atoms with E-state index in [1.54, 1.807) is 7.11 Å². The summed E-state index contributed by atoms with van der Waals surface area (Å²) in [6.45, 7) is 6.24. The van der Waals surface area contributed by atoms with Gasteiger partial charge in [-0.05, 0) is 24.6 Å². The van der Waals surface area contributed by atoms with E-state index in [4.69, 9.17) is 22.1 Å². The molecule has 20 heavy (non-hydrogen) atoms. The van der Waals surface area contributed by atoms with Gasteiger partial charge in [0.25, 0.3) is 0 Å². The third kappa shape index (κ3) is 3.25. The lowest BCUT2D eigenvalue weighted by Gasteiger charge is -2.42. The molecule has 3 unspecified atom stereocenters. The van der Waals surface area contributed by atoms with Crippen molar-refractivity contribution in [1.29, 1.82) is 0 Å². The molecule has 0 amide bonds. The van der Waals surface area contributed by atoms with Crippen molar-refractivity contribution in [2.75, 3.05) is 26.0 Å². The van der Waals surface area contributed by atoms with Gasteiger partial charge >= 0.3 is 0 Å². The summed E-state index contributed by atoms with van der Waals surface area (Å²) in [7, 11) is 1.63. The first-order chi connectivity index (χ1) is 9.58. The third-order valence-electron chi connectivity index (χ3n) is 4.12. The van der Waals surface area contributed by atoms with Gasteiger partial charge in [-0.15, -0.1) is 0 Å². The molecule has 5 heteroatoms. The Hall–Kier alpha value is -0.420. The molecule has 0 bridgehead atoms. The normalized spacial score (nSPS) is 25.4. The largest absolute Gasteiger partial charge is 0.495 e. The highest BCUT2D eigenvalue weighted by atomic mass is 35.5. The zero-order valence-electron chi connectivity index (χ0n) is 12.3. The minimum Gasteiger partial charge on any atom is -0.495 e. The zero-order chi connectivity index (χ0) is 14.7. The lowest BCUT2D eigenvalue weighted by molar-refractivity contribution is 0.150. The van der Waals surface area contributed by atoms with Crippen LogP contribution in [0.1, 0.15) is 25.5 Å². The van der Waals surface area contributed by atoms with Gasteiger partial charge < -0.3 is 10.5 Å². The predicted octanol–water partition coefficient (Wildman–Crippen LogP) is 3.17.